The predicted octanol–water partition coefficient (Wildman–Crippen LogP) is 0.664. The van der Waals surface area contributed by atoms with Crippen LogP contribution in [0.3, 0.4) is 0 Å². The third-order valence-electron chi connectivity index (χ3n) is 2.58. The smallest absolute Gasteiger partial charge is 0.338 e. The fraction of sp³-hybridized carbons (Fsp3) is 0.0833. The minimum Gasteiger partial charge on any atom is -0.478 e. The Bertz CT molecular complexity index is 563. The van der Waals surface area contributed by atoms with Gasteiger partial charge in [0.2, 0.25) is 0 Å². The highest BCUT2D eigenvalue weighted by Crippen LogP contribution is 2.21. The molecule has 0 saturated carbocycles. The quantitative estimate of drug-likeness (QED) is 0.593. The lowest BCUT2D eigenvalue weighted by atomic mass is 10.0. The average molecular weight is 246 g/mol. The largest absolute Gasteiger partial charge is 0.478 e. The van der Waals surface area contributed by atoms with Gasteiger partial charge in [-0.2, -0.15) is 0 Å². The molecule has 0 spiro atoms. The van der Waals surface area contributed by atoms with Crippen molar-refractivity contribution in [3.05, 3.63) is 41.6 Å². The number of likely N-dealkylation sites (N-methyl/N-ethyl adjacent to an activating group) is 1. The van der Waals surface area contributed by atoms with Crippen molar-refractivity contribution in [2.45, 2.75) is 0 Å². The van der Waals surface area contributed by atoms with Gasteiger partial charge >= 0.3 is 12.0 Å². The minimum atomic E-state index is -1.26. The van der Waals surface area contributed by atoms with Crippen LogP contribution in [0.5, 0.6) is 0 Å². The normalized spacial score (nSPS) is 17.7. The third kappa shape index (κ3) is 1.84. The van der Waals surface area contributed by atoms with E-state index in [1.54, 1.807) is 30.3 Å². The Labute approximate surface area is 103 Å². The monoisotopic (exact) mass is 246 g/mol. The zero-order valence-electron chi connectivity index (χ0n) is 9.51. The Kier molecular flexibility index (Phi) is 2.85. The molecule has 2 N–H and O–H groups in total. The molecule has 1 saturated heterocycles. The summed E-state index contributed by atoms with van der Waals surface area (Å²) in [7, 11) is 1.29. The van der Waals surface area contributed by atoms with E-state index in [1.165, 1.54) is 7.05 Å². The van der Waals surface area contributed by atoms with Crippen molar-refractivity contribution in [1.29, 1.82) is 0 Å². The average Bonchev–Trinajstić information content (AvgIpc) is 2.59. The van der Waals surface area contributed by atoms with E-state index >= 15 is 0 Å². The summed E-state index contributed by atoms with van der Waals surface area (Å²) in [6.45, 7) is 0. The zero-order valence-corrected chi connectivity index (χ0v) is 9.51. The Morgan fingerprint density at radius 3 is 2.28 bits per heavy atom. The number of urea groups is 1. The van der Waals surface area contributed by atoms with Crippen LogP contribution < -0.4 is 5.32 Å². The summed E-state index contributed by atoms with van der Waals surface area (Å²) in [5.41, 5.74) is -0.0524. The number of hydrogen-bond donors (Lipinski definition) is 2. The summed E-state index contributed by atoms with van der Waals surface area (Å²) in [5.74, 6) is -1.92. The highest BCUT2D eigenvalue weighted by Gasteiger charge is 2.35. The van der Waals surface area contributed by atoms with Gasteiger partial charge in [-0.05, 0) is 5.56 Å². The summed E-state index contributed by atoms with van der Waals surface area (Å²) in [5, 5.41) is 11.5. The Morgan fingerprint density at radius 1 is 1.22 bits per heavy atom. The number of carboxylic acids is 1. The van der Waals surface area contributed by atoms with Gasteiger partial charge in [0.1, 0.15) is 5.70 Å². The van der Waals surface area contributed by atoms with Gasteiger partial charge in [-0.25, -0.2) is 9.59 Å². The molecule has 1 aliphatic rings. The summed E-state index contributed by atoms with van der Waals surface area (Å²) < 4.78 is 0. The SMILES string of the molecule is CN1C(=O)NC(=C(C(=O)O)c2ccccc2)C1=O. The molecule has 1 aromatic carbocycles. The fourth-order valence-electron chi connectivity index (χ4n) is 1.65. The van der Waals surface area contributed by atoms with Crippen LogP contribution in [0, 0.1) is 0 Å². The second kappa shape index (κ2) is 4.33. The second-order valence-electron chi connectivity index (χ2n) is 3.72. The minimum absolute atomic E-state index is 0.207. The Balaban J connectivity index is 2.59. The van der Waals surface area contributed by atoms with Gasteiger partial charge in [-0.1, -0.05) is 30.3 Å². The van der Waals surface area contributed by atoms with Crippen LogP contribution in [0.15, 0.2) is 36.0 Å². The van der Waals surface area contributed by atoms with E-state index in [0.717, 1.165) is 4.90 Å². The first-order valence-electron chi connectivity index (χ1n) is 5.14. The molecule has 6 nitrogen and oxygen atoms in total. The number of imide groups is 1. The van der Waals surface area contributed by atoms with Crippen LogP contribution in [-0.2, 0) is 9.59 Å². The van der Waals surface area contributed by atoms with Crippen molar-refractivity contribution in [3.63, 3.8) is 0 Å². The molecule has 0 radical (unpaired) electrons. The number of amides is 3. The highest BCUT2D eigenvalue weighted by molar-refractivity contribution is 6.26. The van der Waals surface area contributed by atoms with Gasteiger partial charge in [0.05, 0.1) is 5.57 Å². The van der Waals surface area contributed by atoms with E-state index in [1.807, 2.05) is 0 Å². The third-order valence-corrected chi connectivity index (χ3v) is 2.58. The van der Waals surface area contributed by atoms with Crippen molar-refractivity contribution in [3.8, 4) is 0 Å². The van der Waals surface area contributed by atoms with E-state index in [4.69, 9.17) is 0 Å². The number of rotatable bonds is 2. The molecule has 6 heteroatoms. The molecule has 1 fully saturated rings. The maximum absolute atomic E-state index is 11.8. The van der Waals surface area contributed by atoms with Crippen LogP contribution in [0.1, 0.15) is 5.56 Å². The van der Waals surface area contributed by atoms with Gasteiger partial charge in [0.15, 0.2) is 0 Å². The summed E-state index contributed by atoms with van der Waals surface area (Å²) in [6.07, 6.45) is 0. The number of aliphatic carboxylic acids is 1. The predicted molar refractivity (Wildman–Crippen MR) is 62.3 cm³/mol. The molecular formula is C12H10N2O4. The van der Waals surface area contributed by atoms with Crippen LogP contribution in [0.4, 0.5) is 4.79 Å². The van der Waals surface area contributed by atoms with Gasteiger partial charge in [0, 0.05) is 7.05 Å². The standard InChI is InChI=1S/C12H10N2O4/c1-14-10(15)9(13-12(14)18)8(11(16)17)7-5-3-2-4-6-7/h2-6H,1H3,(H,13,18)(H,16,17). The lowest BCUT2D eigenvalue weighted by molar-refractivity contribution is -0.131. The fourth-order valence-corrected chi connectivity index (χ4v) is 1.65. The van der Waals surface area contributed by atoms with Crippen LogP contribution in [0.2, 0.25) is 0 Å². The summed E-state index contributed by atoms with van der Waals surface area (Å²) in [4.78, 5) is 35.2. The summed E-state index contributed by atoms with van der Waals surface area (Å²) in [6, 6.07) is 7.54. The highest BCUT2D eigenvalue weighted by atomic mass is 16.4. The zero-order chi connectivity index (χ0) is 13.3. The van der Waals surface area contributed by atoms with Gasteiger partial charge in [-0.3, -0.25) is 9.69 Å². The first-order valence-corrected chi connectivity index (χ1v) is 5.14. The van der Waals surface area contributed by atoms with Crippen LogP contribution in [-0.4, -0.2) is 35.0 Å². The van der Waals surface area contributed by atoms with Crippen molar-refractivity contribution in [1.82, 2.24) is 10.2 Å². The van der Waals surface area contributed by atoms with E-state index < -0.39 is 17.9 Å². The molecule has 1 aromatic rings. The van der Waals surface area contributed by atoms with Crippen molar-refractivity contribution in [2.75, 3.05) is 7.05 Å². The van der Waals surface area contributed by atoms with E-state index in [2.05, 4.69) is 5.32 Å². The number of nitrogens with one attached hydrogen (secondary N) is 1. The van der Waals surface area contributed by atoms with Gasteiger partial charge < -0.3 is 10.4 Å². The van der Waals surface area contributed by atoms with Gasteiger partial charge in [-0.15, -0.1) is 0 Å². The maximum Gasteiger partial charge on any atom is 0.338 e. The molecule has 92 valence electrons. The number of hydrogen-bond acceptors (Lipinski definition) is 3. The Morgan fingerprint density at radius 2 is 1.83 bits per heavy atom. The maximum atomic E-state index is 11.8. The molecule has 3 amide bonds. The first-order chi connectivity index (χ1) is 8.52. The number of carboxylic acid groups (broad SMARTS) is 1. The molecule has 0 bridgehead atoms. The van der Waals surface area contributed by atoms with E-state index in [9.17, 15) is 19.5 Å². The molecule has 0 aliphatic carbocycles. The van der Waals surface area contributed by atoms with Crippen molar-refractivity contribution in [2.24, 2.45) is 0 Å². The molecule has 0 unspecified atom stereocenters. The van der Waals surface area contributed by atoms with E-state index in [0.29, 0.717) is 5.56 Å². The van der Waals surface area contributed by atoms with Crippen LogP contribution in [0.25, 0.3) is 5.57 Å². The lowest BCUT2D eigenvalue weighted by Crippen LogP contribution is -2.25. The molecular weight excluding hydrogens is 236 g/mol. The van der Waals surface area contributed by atoms with Crippen LogP contribution >= 0.6 is 0 Å². The van der Waals surface area contributed by atoms with E-state index in [-0.39, 0.29) is 11.3 Å². The van der Waals surface area contributed by atoms with Crippen molar-refractivity contribution < 1.29 is 19.5 Å². The molecule has 1 heterocycles. The topological polar surface area (TPSA) is 86.7 Å². The summed E-state index contributed by atoms with van der Waals surface area (Å²) >= 11 is 0. The van der Waals surface area contributed by atoms with Gasteiger partial charge in [0.25, 0.3) is 5.91 Å². The molecule has 1 aliphatic heterocycles. The molecule has 0 atom stereocenters. The van der Waals surface area contributed by atoms with Crippen molar-refractivity contribution >= 4 is 23.5 Å². The number of carbonyl (C=O) groups is 3. The first kappa shape index (κ1) is 11.8. The second-order valence-corrected chi connectivity index (χ2v) is 3.72. The lowest BCUT2D eigenvalue weighted by Gasteiger charge is -2.05. The Hall–Kier alpha value is -2.63. The molecule has 2 rings (SSSR count). The molecule has 0 aromatic heterocycles. The number of nitrogens with zero attached hydrogens (tertiary/aromatic N) is 1. The molecule has 18 heavy (non-hydrogen) atoms. The number of carbonyl (C=O) groups excluding carboxylic acids is 2. The number of benzene rings is 1.